The van der Waals surface area contributed by atoms with E-state index in [9.17, 15) is 9.59 Å². The average Bonchev–Trinajstić information content (AvgIpc) is 2.75. The first-order valence-electron chi connectivity index (χ1n) is 10.1. The summed E-state index contributed by atoms with van der Waals surface area (Å²) in [5, 5.41) is 5.49. The molecule has 1 fully saturated rings. The van der Waals surface area contributed by atoms with Gasteiger partial charge in [0.05, 0.1) is 32.7 Å². The van der Waals surface area contributed by atoms with Gasteiger partial charge in [0.25, 0.3) is 0 Å². The first-order chi connectivity index (χ1) is 14.2. The number of carbonyl (C=O) groups is 2. The van der Waals surface area contributed by atoms with Crippen molar-refractivity contribution in [3.63, 3.8) is 0 Å². The molecule has 3 N–H and O–H groups in total. The number of anilines is 1. The van der Waals surface area contributed by atoms with Crippen molar-refractivity contribution in [3.8, 4) is 0 Å². The lowest BCUT2D eigenvalue weighted by Crippen LogP contribution is -3.14. The summed E-state index contributed by atoms with van der Waals surface area (Å²) in [5.41, 5.74) is 1.95. The van der Waals surface area contributed by atoms with Gasteiger partial charge in [0.1, 0.15) is 0 Å². The molecule has 1 aliphatic rings. The maximum atomic E-state index is 12.4. The highest BCUT2D eigenvalue weighted by Gasteiger charge is 2.22. The molecule has 152 valence electrons. The lowest BCUT2D eigenvalue weighted by Gasteiger charge is -2.31. The van der Waals surface area contributed by atoms with E-state index in [1.54, 1.807) is 0 Å². The van der Waals surface area contributed by atoms with E-state index in [1.165, 1.54) is 10.5 Å². The molecule has 0 bridgehead atoms. The Kier molecular flexibility index (Phi) is 7.83. The van der Waals surface area contributed by atoms with Crippen molar-refractivity contribution in [2.24, 2.45) is 0 Å². The van der Waals surface area contributed by atoms with Crippen LogP contribution in [0.2, 0.25) is 0 Å². The van der Waals surface area contributed by atoms with E-state index in [4.69, 9.17) is 0 Å². The topological polar surface area (TPSA) is 65.9 Å². The van der Waals surface area contributed by atoms with Gasteiger partial charge in [-0.1, -0.05) is 54.6 Å². The Bertz CT molecular complexity index is 800. The number of nitrogens with one attached hydrogen (secondary N) is 3. The molecule has 3 amide bonds. The molecule has 0 spiro atoms. The van der Waals surface area contributed by atoms with Gasteiger partial charge in [-0.05, 0) is 23.8 Å². The minimum absolute atomic E-state index is 0.101. The predicted octanol–water partition coefficient (Wildman–Crippen LogP) is 1.64. The van der Waals surface area contributed by atoms with Gasteiger partial charge in [-0.2, -0.15) is 0 Å². The van der Waals surface area contributed by atoms with Crippen LogP contribution >= 0.6 is 0 Å². The molecule has 29 heavy (non-hydrogen) atoms. The molecular weight excluding hydrogens is 364 g/mol. The van der Waals surface area contributed by atoms with E-state index < -0.39 is 0 Å². The first-order valence-corrected chi connectivity index (χ1v) is 10.1. The summed E-state index contributed by atoms with van der Waals surface area (Å²) in [6.07, 6.45) is 4.68. The zero-order valence-electron chi connectivity index (χ0n) is 16.6. The van der Waals surface area contributed by atoms with Crippen molar-refractivity contribution >= 4 is 23.7 Å². The number of nitrogens with zero attached hydrogens (tertiary/aromatic N) is 1. The molecule has 0 saturated carbocycles. The van der Waals surface area contributed by atoms with Gasteiger partial charge in [0.15, 0.2) is 0 Å². The SMILES string of the molecule is O=C(NCCC(=O)N1CC[NH+](C/C=C/c2ccccc2)CC1)Nc1ccccc1. The summed E-state index contributed by atoms with van der Waals surface area (Å²) in [7, 11) is 0. The van der Waals surface area contributed by atoms with E-state index in [-0.39, 0.29) is 11.9 Å². The smallest absolute Gasteiger partial charge is 0.319 e. The zero-order chi connectivity index (χ0) is 20.3. The third-order valence-corrected chi connectivity index (χ3v) is 5.00. The van der Waals surface area contributed by atoms with E-state index in [0.29, 0.717) is 13.0 Å². The number of quaternary nitrogens is 1. The van der Waals surface area contributed by atoms with Crippen molar-refractivity contribution in [3.05, 3.63) is 72.3 Å². The number of hydrogen-bond donors (Lipinski definition) is 3. The van der Waals surface area contributed by atoms with E-state index in [1.807, 2.05) is 53.4 Å². The molecule has 2 aromatic carbocycles. The molecule has 0 radical (unpaired) electrons. The van der Waals surface area contributed by atoms with Crippen LogP contribution in [0.3, 0.4) is 0 Å². The molecule has 0 aromatic heterocycles. The fourth-order valence-electron chi connectivity index (χ4n) is 3.34. The van der Waals surface area contributed by atoms with Crippen LogP contribution in [0.5, 0.6) is 0 Å². The zero-order valence-corrected chi connectivity index (χ0v) is 16.6. The number of para-hydroxylation sites is 1. The van der Waals surface area contributed by atoms with E-state index in [0.717, 1.165) is 38.4 Å². The summed E-state index contributed by atoms with van der Waals surface area (Å²) >= 11 is 0. The summed E-state index contributed by atoms with van der Waals surface area (Å²) in [5.74, 6) is 0.101. The lowest BCUT2D eigenvalue weighted by molar-refractivity contribution is -0.898. The number of urea groups is 1. The fourth-order valence-corrected chi connectivity index (χ4v) is 3.34. The normalized spacial score (nSPS) is 14.7. The van der Waals surface area contributed by atoms with Gasteiger partial charge in [0.2, 0.25) is 5.91 Å². The molecule has 2 aromatic rings. The van der Waals surface area contributed by atoms with Gasteiger partial charge in [0, 0.05) is 18.7 Å². The minimum atomic E-state index is -0.288. The van der Waals surface area contributed by atoms with Crippen LogP contribution in [0.4, 0.5) is 10.5 Å². The van der Waals surface area contributed by atoms with Crippen LogP contribution < -0.4 is 15.5 Å². The molecule has 3 rings (SSSR count). The average molecular weight is 394 g/mol. The highest BCUT2D eigenvalue weighted by Crippen LogP contribution is 2.04. The maximum Gasteiger partial charge on any atom is 0.319 e. The predicted molar refractivity (Wildman–Crippen MR) is 116 cm³/mol. The van der Waals surface area contributed by atoms with Crippen molar-refractivity contribution in [1.82, 2.24) is 10.2 Å². The second kappa shape index (κ2) is 11.0. The number of amides is 3. The van der Waals surface area contributed by atoms with Crippen molar-refractivity contribution < 1.29 is 14.5 Å². The Balaban J connectivity index is 1.30. The van der Waals surface area contributed by atoms with Crippen molar-refractivity contribution in [2.45, 2.75) is 6.42 Å². The highest BCUT2D eigenvalue weighted by molar-refractivity contribution is 5.89. The second-order valence-electron chi connectivity index (χ2n) is 7.14. The number of piperazine rings is 1. The quantitative estimate of drug-likeness (QED) is 0.670. The largest absolute Gasteiger partial charge is 0.337 e. The Labute approximate surface area is 172 Å². The molecule has 1 saturated heterocycles. The molecular formula is C23H29N4O2+. The van der Waals surface area contributed by atoms with Gasteiger partial charge in [-0.25, -0.2) is 4.79 Å². The van der Waals surface area contributed by atoms with Crippen molar-refractivity contribution in [1.29, 1.82) is 0 Å². The van der Waals surface area contributed by atoms with E-state index >= 15 is 0 Å². The lowest BCUT2D eigenvalue weighted by atomic mass is 10.2. The van der Waals surface area contributed by atoms with Gasteiger partial charge >= 0.3 is 6.03 Å². The molecule has 0 atom stereocenters. The standard InChI is InChI=1S/C23H28N4O2/c28-22(13-14-24-23(29)25-21-11-5-2-6-12-21)27-18-16-26(17-19-27)15-7-10-20-8-3-1-4-9-20/h1-12H,13-19H2,(H2,24,25,29)/p+1/b10-7+. The molecule has 6 nitrogen and oxygen atoms in total. The molecule has 1 aliphatic heterocycles. The first kappa shape index (κ1) is 20.6. The Morgan fingerprint density at radius 1 is 0.966 bits per heavy atom. The third kappa shape index (κ3) is 7.08. The van der Waals surface area contributed by atoms with Gasteiger partial charge in [-0.3, -0.25) is 4.79 Å². The summed E-state index contributed by atoms with van der Waals surface area (Å²) in [6, 6.07) is 19.2. The van der Waals surface area contributed by atoms with Crippen LogP contribution in [0.1, 0.15) is 12.0 Å². The molecule has 1 heterocycles. The Morgan fingerprint density at radius 3 is 2.31 bits per heavy atom. The van der Waals surface area contributed by atoms with Crippen molar-refractivity contribution in [2.75, 3.05) is 44.6 Å². The highest BCUT2D eigenvalue weighted by atomic mass is 16.2. The van der Waals surface area contributed by atoms with Gasteiger partial charge < -0.3 is 20.4 Å². The summed E-state index contributed by atoms with van der Waals surface area (Å²) in [6.45, 7) is 4.75. The monoisotopic (exact) mass is 393 g/mol. The molecule has 0 unspecified atom stereocenters. The maximum absolute atomic E-state index is 12.4. The number of benzene rings is 2. The summed E-state index contributed by atoms with van der Waals surface area (Å²) in [4.78, 5) is 27.6. The minimum Gasteiger partial charge on any atom is -0.337 e. The van der Waals surface area contributed by atoms with Crippen LogP contribution in [-0.4, -0.2) is 56.1 Å². The Hall–Kier alpha value is -3.12. The number of carbonyl (C=O) groups excluding carboxylic acids is 2. The summed E-state index contributed by atoms with van der Waals surface area (Å²) < 4.78 is 0. The van der Waals surface area contributed by atoms with Crippen LogP contribution in [0, 0.1) is 0 Å². The molecule has 6 heteroatoms. The third-order valence-electron chi connectivity index (χ3n) is 5.00. The van der Waals surface area contributed by atoms with Crippen LogP contribution in [0.25, 0.3) is 6.08 Å². The van der Waals surface area contributed by atoms with Crippen LogP contribution in [-0.2, 0) is 4.79 Å². The molecule has 0 aliphatic carbocycles. The number of rotatable bonds is 7. The van der Waals surface area contributed by atoms with E-state index in [2.05, 4.69) is 34.9 Å². The Morgan fingerprint density at radius 2 is 1.62 bits per heavy atom. The van der Waals surface area contributed by atoms with Gasteiger partial charge in [-0.15, -0.1) is 0 Å². The fraction of sp³-hybridized carbons (Fsp3) is 0.304. The van der Waals surface area contributed by atoms with Crippen LogP contribution in [0.15, 0.2) is 66.7 Å². The second-order valence-corrected chi connectivity index (χ2v) is 7.14. The number of hydrogen-bond acceptors (Lipinski definition) is 2.